The Hall–Kier alpha value is -0.850. The minimum atomic E-state index is -3.58. The van der Waals surface area contributed by atoms with Crippen LogP contribution in [0, 0.1) is 13.8 Å². The van der Waals surface area contributed by atoms with Crippen LogP contribution in [-0.2, 0) is 10.0 Å². The van der Waals surface area contributed by atoms with E-state index in [1.54, 1.807) is 30.3 Å². The Morgan fingerprint density at radius 2 is 1.60 bits per heavy atom. The van der Waals surface area contributed by atoms with Crippen LogP contribution in [0.2, 0.25) is 0 Å². The zero-order chi connectivity index (χ0) is 14.9. The lowest BCUT2D eigenvalue weighted by molar-refractivity contribution is 0.601. The molecule has 0 amide bonds. The molecule has 0 aromatic heterocycles. The molecule has 0 aliphatic carbocycles. The second-order valence-corrected chi connectivity index (χ2v) is 7.95. The molecule has 2 rings (SSSR count). The number of halogens is 2. The maximum absolute atomic E-state index is 12.4. The zero-order valence-electron chi connectivity index (χ0n) is 10.9. The minimum Gasteiger partial charge on any atom is -0.278 e. The molecular formula is C14H13Br2NO2S. The van der Waals surface area contributed by atoms with Gasteiger partial charge in [0.25, 0.3) is 10.0 Å². The summed E-state index contributed by atoms with van der Waals surface area (Å²) < 4.78 is 28.9. The largest absolute Gasteiger partial charge is 0.278 e. The van der Waals surface area contributed by atoms with Gasteiger partial charge in [-0.2, -0.15) is 0 Å². The van der Waals surface area contributed by atoms with E-state index in [0.717, 1.165) is 15.6 Å². The van der Waals surface area contributed by atoms with Gasteiger partial charge in [0.15, 0.2) is 0 Å². The maximum atomic E-state index is 12.4. The molecule has 0 saturated heterocycles. The highest BCUT2D eigenvalue weighted by molar-refractivity contribution is 9.11. The van der Waals surface area contributed by atoms with Crippen LogP contribution in [-0.4, -0.2) is 8.42 Å². The van der Waals surface area contributed by atoms with E-state index in [2.05, 4.69) is 36.6 Å². The van der Waals surface area contributed by atoms with E-state index >= 15 is 0 Å². The second-order valence-electron chi connectivity index (χ2n) is 4.50. The van der Waals surface area contributed by atoms with Crippen LogP contribution < -0.4 is 4.72 Å². The molecule has 106 valence electrons. The predicted octanol–water partition coefficient (Wildman–Crippen LogP) is 4.63. The lowest BCUT2D eigenvalue weighted by Gasteiger charge is -2.13. The molecule has 0 bridgehead atoms. The molecule has 0 unspecified atom stereocenters. The summed E-state index contributed by atoms with van der Waals surface area (Å²) >= 11 is 6.75. The molecule has 0 spiro atoms. The summed E-state index contributed by atoms with van der Waals surface area (Å²) in [5.74, 6) is 0. The fourth-order valence-electron chi connectivity index (χ4n) is 1.74. The minimum absolute atomic E-state index is 0.248. The molecule has 0 atom stereocenters. The third-order valence-electron chi connectivity index (χ3n) is 2.82. The van der Waals surface area contributed by atoms with Crippen molar-refractivity contribution in [2.45, 2.75) is 18.7 Å². The van der Waals surface area contributed by atoms with Gasteiger partial charge < -0.3 is 0 Å². The summed E-state index contributed by atoms with van der Waals surface area (Å²) in [7, 11) is -3.58. The first kappa shape index (κ1) is 15.5. The van der Waals surface area contributed by atoms with Crippen LogP contribution in [0.15, 0.2) is 50.2 Å². The normalized spacial score (nSPS) is 11.4. The van der Waals surface area contributed by atoms with E-state index in [9.17, 15) is 8.42 Å². The molecule has 1 N–H and O–H groups in total. The van der Waals surface area contributed by atoms with Gasteiger partial charge in [-0.15, -0.1) is 0 Å². The Morgan fingerprint density at radius 3 is 2.15 bits per heavy atom. The molecule has 0 saturated carbocycles. The number of sulfonamides is 1. The lowest BCUT2D eigenvalue weighted by atomic mass is 10.2. The van der Waals surface area contributed by atoms with Gasteiger partial charge in [0.2, 0.25) is 0 Å². The number of aryl methyl sites for hydroxylation is 2. The highest BCUT2D eigenvalue weighted by Crippen LogP contribution is 2.31. The number of rotatable bonds is 3. The third kappa shape index (κ3) is 3.42. The molecule has 0 aliphatic rings. The van der Waals surface area contributed by atoms with Crippen molar-refractivity contribution in [3.63, 3.8) is 0 Å². The third-order valence-corrected chi connectivity index (χ3v) is 5.27. The number of hydrogen-bond donors (Lipinski definition) is 1. The smallest absolute Gasteiger partial charge is 0.261 e. The average Bonchev–Trinajstić information content (AvgIpc) is 2.34. The molecule has 0 heterocycles. The molecule has 20 heavy (non-hydrogen) atoms. The highest BCUT2D eigenvalue weighted by Gasteiger charge is 2.17. The van der Waals surface area contributed by atoms with E-state index in [1.807, 2.05) is 19.9 Å². The number of anilines is 1. The Balaban J connectivity index is 2.41. The van der Waals surface area contributed by atoms with E-state index < -0.39 is 10.0 Å². The zero-order valence-corrected chi connectivity index (χ0v) is 14.9. The first-order valence-corrected chi connectivity index (χ1v) is 8.91. The topological polar surface area (TPSA) is 46.2 Å². The van der Waals surface area contributed by atoms with E-state index in [4.69, 9.17) is 0 Å². The summed E-state index contributed by atoms with van der Waals surface area (Å²) in [6.07, 6.45) is 0. The van der Waals surface area contributed by atoms with Crippen LogP contribution in [0.3, 0.4) is 0 Å². The molecule has 6 heteroatoms. The van der Waals surface area contributed by atoms with E-state index in [0.29, 0.717) is 10.2 Å². The fourth-order valence-corrected chi connectivity index (χ4v) is 4.56. The Labute approximate surface area is 135 Å². The molecule has 0 radical (unpaired) electrons. The maximum Gasteiger partial charge on any atom is 0.261 e. The number of nitrogens with one attached hydrogen (secondary N) is 1. The van der Waals surface area contributed by atoms with Crippen LogP contribution in [0.4, 0.5) is 5.69 Å². The van der Waals surface area contributed by atoms with Crippen molar-refractivity contribution >= 4 is 47.6 Å². The fraction of sp³-hybridized carbons (Fsp3) is 0.143. The summed E-state index contributed by atoms with van der Waals surface area (Å²) in [5.41, 5.74) is 2.40. The highest BCUT2D eigenvalue weighted by atomic mass is 79.9. The Bertz CT molecular complexity index is 717. The molecule has 3 nitrogen and oxygen atoms in total. The summed E-state index contributed by atoms with van der Waals surface area (Å²) in [6.45, 7) is 3.77. The lowest BCUT2D eigenvalue weighted by Crippen LogP contribution is -2.14. The van der Waals surface area contributed by atoms with Gasteiger partial charge in [-0.1, -0.05) is 33.6 Å². The average molecular weight is 419 g/mol. The van der Waals surface area contributed by atoms with E-state index in [1.165, 1.54) is 0 Å². The molecule has 0 aliphatic heterocycles. The SMILES string of the molecule is Cc1ccc(S(=O)(=O)Nc2c(C)cc(Br)cc2Br)cc1. The van der Waals surface area contributed by atoms with Gasteiger partial charge in [-0.3, -0.25) is 4.72 Å². The van der Waals surface area contributed by atoms with Gasteiger partial charge in [0.05, 0.1) is 10.6 Å². The summed E-state index contributed by atoms with van der Waals surface area (Å²) in [5, 5.41) is 0. The standard InChI is InChI=1S/C14H13Br2NO2S/c1-9-3-5-12(6-4-9)20(18,19)17-14-10(2)7-11(15)8-13(14)16/h3-8,17H,1-2H3. The van der Waals surface area contributed by atoms with Crippen molar-refractivity contribution in [3.05, 3.63) is 56.5 Å². The van der Waals surface area contributed by atoms with Crippen molar-refractivity contribution in [2.24, 2.45) is 0 Å². The first-order valence-electron chi connectivity index (χ1n) is 5.85. The number of benzene rings is 2. The van der Waals surface area contributed by atoms with Crippen molar-refractivity contribution in [2.75, 3.05) is 4.72 Å². The van der Waals surface area contributed by atoms with Gasteiger partial charge in [-0.25, -0.2) is 8.42 Å². The van der Waals surface area contributed by atoms with Crippen LogP contribution >= 0.6 is 31.9 Å². The summed E-state index contributed by atoms with van der Waals surface area (Å²) in [6, 6.07) is 10.4. The van der Waals surface area contributed by atoms with Gasteiger partial charge in [-0.05, 0) is 59.6 Å². The van der Waals surface area contributed by atoms with Gasteiger partial charge in [0.1, 0.15) is 0 Å². The Kier molecular flexibility index (Phi) is 4.56. The molecule has 2 aromatic rings. The van der Waals surface area contributed by atoms with Crippen LogP contribution in [0.5, 0.6) is 0 Å². The second kappa shape index (κ2) is 5.87. The van der Waals surface area contributed by atoms with Crippen molar-refractivity contribution in [3.8, 4) is 0 Å². The molecule has 2 aromatic carbocycles. The van der Waals surface area contributed by atoms with E-state index in [-0.39, 0.29) is 4.90 Å². The molecular weight excluding hydrogens is 406 g/mol. The first-order chi connectivity index (χ1) is 9.29. The van der Waals surface area contributed by atoms with Crippen molar-refractivity contribution in [1.82, 2.24) is 0 Å². The monoisotopic (exact) mass is 417 g/mol. The van der Waals surface area contributed by atoms with Gasteiger partial charge in [0, 0.05) is 8.95 Å². The Morgan fingerprint density at radius 1 is 1.00 bits per heavy atom. The molecule has 0 fully saturated rings. The quantitative estimate of drug-likeness (QED) is 0.789. The van der Waals surface area contributed by atoms with Crippen molar-refractivity contribution in [1.29, 1.82) is 0 Å². The predicted molar refractivity (Wildman–Crippen MR) is 88.6 cm³/mol. The van der Waals surface area contributed by atoms with Crippen molar-refractivity contribution < 1.29 is 8.42 Å². The van der Waals surface area contributed by atoms with Crippen LogP contribution in [0.25, 0.3) is 0 Å². The number of hydrogen-bond acceptors (Lipinski definition) is 2. The summed E-state index contributed by atoms with van der Waals surface area (Å²) in [4.78, 5) is 0.248. The van der Waals surface area contributed by atoms with Gasteiger partial charge >= 0.3 is 0 Å². The van der Waals surface area contributed by atoms with Crippen LogP contribution in [0.1, 0.15) is 11.1 Å².